The highest BCUT2D eigenvalue weighted by Gasteiger charge is 2.24. The Bertz CT molecular complexity index is 486. The second-order valence-electron chi connectivity index (χ2n) is 7.29. The van der Waals surface area contributed by atoms with Crippen LogP contribution in [0.1, 0.15) is 44.6 Å². The van der Waals surface area contributed by atoms with Crippen LogP contribution in [0.5, 0.6) is 0 Å². The lowest BCUT2D eigenvalue weighted by Crippen LogP contribution is -2.37. The largest absolute Gasteiger partial charge is 0.385 e. The molecule has 4 heteroatoms. The highest BCUT2D eigenvalue weighted by Crippen LogP contribution is 2.23. The third-order valence-electron chi connectivity index (χ3n) is 5.23. The number of benzene rings is 1. The SMILES string of the molecule is COCCCCN(Cc1ccccc1)C(=O)CC(C)C1CCCNC1. The number of piperidine rings is 1. The number of amides is 1. The molecule has 2 atom stereocenters. The fraction of sp³-hybridized carbons (Fsp3) is 0.667. The van der Waals surface area contributed by atoms with Crippen LogP contribution in [-0.2, 0) is 16.1 Å². The van der Waals surface area contributed by atoms with E-state index in [4.69, 9.17) is 4.74 Å². The summed E-state index contributed by atoms with van der Waals surface area (Å²) in [6.07, 6.45) is 5.12. The number of rotatable bonds is 10. The molecule has 2 unspecified atom stereocenters. The molecule has 2 rings (SSSR count). The molecular formula is C21H34N2O2. The zero-order valence-corrected chi connectivity index (χ0v) is 15.9. The summed E-state index contributed by atoms with van der Waals surface area (Å²) in [6.45, 7) is 6.70. The molecule has 1 heterocycles. The van der Waals surface area contributed by atoms with E-state index in [2.05, 4.69) is 24.4 Å². The van der Waals surface area contributed by atoms with Gasteiger partial charge in [-0.3, -0.25) is 4.79 Å². The highest BCUT2D eigenvalue weighted by molar-refractivity contribution is 5.76. The van der Waals surface area contributed by atoms with E-state index in [0.29, 0.717) is 30.7 Å². The van der Waals surface area contributed by atoms with Crippen LogP contribution in [0, 0.1) is 11.8 Å². The van der Waals surface area contributed by atoms with Crippen molar-refractivity contribution >= 4 is 5.91 Å². The average molecular weight is 347 g/mol. The normalized spacial score (nSPS) is 18.7. The first-order valence-electron chi connectivity index (χ1n) is 9.72. The minimum Gasteiger partial charge on any atom is -0.385 e. The van der Waals surface area contributed by atoms with Gasteiger partial charge in [-0.15, -0.1) is 0 Å². The summed E-state index contributed by atoms with van der Waals surface area (Å²) < 4.78 is 5.14. The van der Waals surface area contributed by atoms with E-state index in [1.165, 1.54) is 18.4 Å². The lowest BCUT2D eigenvalue weighted by Gasteiger charge is -2.30. The quantitative estimate of drug-likeness (QED) is 0.660. The molecule has 0 saturated carbocycles. The third kappa shape index (κ3) is 7.17. The molecule has 0 spiro atoms. The van der Waals surface area contributed by atoms with E-state index >= 15 is 0 Å². The van der Waals surface area contributed by atoms with E-state index in [-0.39, 0.29) is 0 Å². The van der Waals surface area contributed by atoms with Crippen molar-refractivity contribution in [2.45, 2.75) is 45.6 Å². The Morgan fingerprint density at radius 1 is 1.32 bits per heavy atom. The van der Waals surface area contributed by atoms with Gasteiger partial charge in [0.25, 0.3) is 0 Å². The molecule has 1 aromatic carbocycles. The minimum atomic E-state index is 0.291. The summed E-state index contributed by atoms with van der Waals surface area (Å²) in [5.74, 6) is 1.36. The highest BCUT2D eigenvalue weighted by atomic mass is 16.5. The molecule has 0 aliphatic carbocycles. The molecule has 4 nitrogen and oxygen atoms in total. The molecule has 0 bridgehead atoms. The number of ether oxygens (including phenoxy) is 1. The Kier molecular flexibility index (Phi) is 8.98. The van der Waals surface area contributed by atoms with Crippen LogP contribution in [0.25, 0.3) is 0 Å². The van der Waals surface area contributed by atoms with Crippen LogP contribution < -0.4 is 5.32 Å². The van der Waals surface area contributed by atoms with Gasteiger partial charge in [0, 0.05) is 33.2 Å². The number of methoxy groups -OCH3 is 1. The second kappa shape index (κ2) is 11.3. The van der Waals surface area contributed by atoms with Crippen molar-refractivity contribution < 1.29 is 9.53 Å². The topological polar surface area (TPSA) is 41.6 Å². The van der Waals surface area contributed by atoms with Crippen LogP contribution in [0.2, 0.25) is 0 Å². The molecule has 25 heavy (non-hydrogen) atoms. The van der Waals surface area contributed by atoms with Crippen LogP contribution in [0.15, 0.2) is 30.3 Å². The van der Waals surface area contributed by atoms with Crippen molar-refractivity contribution in [3.8, 4) is 0 Å². The van der Waals surface area contributed by atoms with Crippen molar-refractivity contribution in [1.82, 2.24) is 10.2 Å². The predicted octanol–water partition coefficient (Wildman–Crippen LogP) is 3.47. The molecule has 1 aromatic rings. The standard InChI is InChI=1S/C21H34N2O2/c1-18(20-11-8-12-22-16-20)15-21(24)23(13-6-7-14-25-2)17-19-9-4-3-5-10-19/h3-5,9-10,18,20,22H,6-8,11-17H2,1-2H3. The summed E-state index contributed by atoms with van der Waals surface area (Å²) in [7, 11) is 1.73. The zero-order valence-electron chi connectivity index (χ0n) is 15.9. The van der Waals surface area contributed by atoms with Gasteiger partial charge in [-0.1, -0.05) is 37.3 Å². The van der Waals surface area contributed by atoms with Crippen molar-refractivity contribution in [3.63, 3.8) is 0 Å². The second-order valence-corrected chi connectivity index (χ2v) is 7.29. The summed E-state index contributed by atoms with van der Waals surface area (Å²) >= 11 is 0. The first-order valence-corrected chi connectivity index (χ1v) is 9.72. The van der Waals surface area contributed by atoms with E-state index in [1.807, 2.05) is 23.1 Å². The summed E-state index contributed by atoms with van der Waals surface area (Å²) in [6, 6.07) is 10.3. The lowest BCUT2D eigenvalue weighted by molar-refractivity contribution is -0.133. The van der Waals surface area contributed by atoms with E-state index in [9.17, 15) is 4.79 Å². The molecule has 1 N–H and O–H groups in total. The molecule has 1 aliphatic rings. The van der Waals surface area contributed by atoms with Gasteiger partial charge < -0.3 is 15.0 Å². The predicted molar refractivity (Wildman–Crippen MR) is 102 cm³/mol. The van der Waals surface area contributed by atoms with Crippen molar-refractivity contribution in [2.24, 2.45) is 11.8 Å². The van der Waals surface area contributed by atoms with Crippen LogP contribution in [-0.4, -0.2) is 44.2 Å². The first-order chi connectivity index (χ1) is 12.2. The van der Waals surface area contributed by atoms with Gasteiger partial charge in [0.1, 0.15) is 0 Å². The van der Waals surface area contributed by atoms with Crippen LogP contribution in [0.3, 0.4) is 0 Å². The number of hydrogen-bond acceptors (Lipinski definition) is 3. The molecule has 1 aliphatic heterocycles. The smallest absolute Gasteiger partial charge is 0.223 e. The summed E-state index contributed by atoms with van der Waals surface area (Å²) in [4.78, 5) is 15.0. The molecular weight excluding hydrogens is 312 g/mol. The van der Waals surface area contributed by atoms with Gasteiger partial charge in [0.05, 0.1) is 0 Å². The number of nitrogens with one attached hydrogen (secondary N) is 1. The fourth-order valence-corrected chi connectivity index (χ4v) is 3.58. The maximum atomic E-state index is 12.9. The van der Waals surface area contributed by atoms with Crippen LogP contribution in [0.4, 0.5) is 0 Å². The number of hydrogen-bond donors (Lipinski definition) is 1. The maximum Gasteiger partial charge on any atom is 0.223 e. The Hall–Kier alpha value is -1.39. The molecule has 1 saturated heterocycles. The molecule has 0 aromatic heterocycles. The molecule has 1 fully saturated rings. The minimum absolute atomic E-state index is 0.291. The van der Waals surface area contributed by atoms with E-state index in [0.717, 1.165) is 39.1 Å². The number of nitrogens with zero attached hydrogens (tertiary/aromatic N) is 1. The zero-order chi connectivity index (χ0) is 17.9. The van der Waals surface area contributed by atoms with Gasteiger partial charge in [0.2, 0.25) is 5.91 Å². The van der Waals surface area contributed by atoms with Gasteiger partial charge in [-0.05, 0) is 56.2 Å². The fourth-order valence-electron chi connectivity index (χ4n) is 3.58. The van der Waals surface area contributed by atoms with Crippen molar-refractivity contribution in [2.75, 3.05) is 33.4 Å². The summed E-state index contributed by atoms with van der Waals surface area (Å²) in [5, 5.41) is 3.47. The molecule has 1 amide bonds. The van der Waals surface area contributed by atoms with E-state index < -0.39 is 0 Å². The average Bonchev–Trinajstić information content (AvgIpc) is 2.65. The summed E-state index contributed by atoms with van der Waals surface area (Å²) in [5.41, 5.74) is 1.20. The Morgan fingerprint density at radius 3 is 2.80 bits per heavy atom. The maximum absolute atomic E-state index is 12.9. The van der Waals surface area contributed by atoms with Gasteiger partial charge >= 0.3 is 0 Å². The Balaban J connectivity index is 1.90. The van der Waals surface area contributed by atoms with Crippen molar-refractivity contribution in [3.05, 3.63) is 35.9 Å². The lowest BCUT2D eigenvalue weighted by atomic mass is 9.85. The monoisotopic (exact) mass is 346 g/mol. The number of carbonyl (C=O) groups excluding carboxylic acids is 1. The number of unbranched alkanes of at least 4 members (excludes halogenated alkanes) is 1. The van der Waals surface area contributed by atoms with Crippen LogP contribution >= 0.6 is 0 Å². The Labute approximate surface area is 152 Å². The van der Waals surface area contributed by atoms with Crippen molar-refractivity contribution in [1.29, 1.82) is 0 Å². The number of carbonyl (C=O) groups is 1. The third-order valence-corrected chi connectivity index (χ3v) is 5.23. The van der Waals surface area contributed by atoms with Gasteiger partial charge in [-0.2, -0.15) is 0 Å². The van der Waals surface area contributed by atoms with Gasteiger partial charge in [-0.25, -0.2) is 0 Å². The van der Waals surface area contributed by atoms with Gasteiger partial charge in [0.15, 0.2) is 0 Å². The Morgan fingerprint density at radius 2 is 2.12 bits per heavy atom. The molecule has 140 valence electrons. The first kappa shape index (κ1) is 19.9. The van der Waals surface area contributed by atoms with E-state index in [1.54, 1.807) is 7.11 Å². The molecule has 0 radical (unpaired) electrons.